The van der Waals surface area contributed by atoms with Gasteiger partial charge in [0.25, 0.3) is 0 Å². The smallest absolute Gasteiger partial charge is 0.233 e. The summed E-state index contributed by atoms with van der Waals surface area (Å²) in [6, 6.07) is 11.2. The highest BCUT2D eigenvalue weighted by molar-refractivity contribution is 7.99. The summed E-state index contributed by atoms with van der Waals surface area (Å²) in [6.07, 6.45) is 2.99. The summed E-state index contributed by atoms with van der Waals surface area (Å²) in [5.41, 5.74) is 0.775. The van der Waals surface area contributed by atoms with Crippen LogP contribution < -0.4 is 4.74 Å². The lowest BCUT2D eigenvalue weighted by Gasteiger charge is -2.37. The molecule has 32 heavy (non-hydrogen) atoms. The van der Waals surface area contributed by atoms with Crippen LogP contribution in [0.3, 0.4) is 0 Å². The maximum Gasteiger partial charge on any atom is 0.233 e. The number of carbonyl (C=O) groups is 1. The van der Waals surface area contributed by atoms with E-state index in [9.17, 15) is 4.79 Å². The Morgan fingerprint density at radius 3 is 2.62 bits per heavy atom. The minimum atomic E-state index is -0.494. The lowest BCUT2D eigenvalue weighted by atomic mass is 10.0. The first-order valence-corrected chi connectivity index (χ1v) is 11.5. The van der Waals surface area contributed by atoms with Crippen LogP contribution in [-0.2, 0) is 14.3 Å². The van der Waals surface area contributed by atoms with Gasteiger partial charge in [-0.15, -0.1) is 10.2 Å². The Labute approximate surface area is 189 Å². The Hall–Kier alpha value is -2.82. The zero-order valence-corrected chi connectivity index (χ0v) is 18.5. The van der Waals surface area contributed by atoms with Gasteiger partial charge in [-0.05, 0) is 24.3 Å². The normalized spacial score (nSPS) is 17.7. The second-order valence-corrected chi connectivity index (χ2v) is 8.51. The molecule has 1 aromatic carbocycles. The topological polar surface area (TPSA) is 91.9 Å². The van der Waals surface area contributed by atoms with Crippen molar-refractivity contribution in [2.75, 3.05) is 39.2 Å². The van der Waals surface area contributed by atoms with Gasteiger partial charge >= 0.3 is 0 Å². The van der Waals surface area contributed by atoms with E-state index >= 15 is 0 Å². The quantitative estimate of drug-likeness (QED) is 0.523. The lowest BCUT2D eigenvalue weighted by Crippen LogP contribution is -2.47. The maximum atomic E-state index is 12.9. The molecule has 2 aromatic heterocycles. The number of methoxy groups -OCH3 is 1. The molecule has 3 aromatic rings. The molecule has 1 amide bonds. The summed E-state index contributed by atoms with van der Waals surface area (Å²) in [7, 11) is 1.62. The van der Waals surface area contributed by atoms with E-state index in [-0.39, 0.29) is 11.7 Å². The first-order valence-electron chi connectivity index (χ1n) is 10.5. The summed E-state index contributed by atoms with van der Waals surface area (Å²) in [5.74, 6) is 1.61. The molecular weight excluding hydrogens is 432 g/mol. The van der Waals surface area contributed by atoms with E-state index in [0.717, 1.165) is 5.69 Å². The summed E-state index contributed by atoms with van der Waals surface area (Å²) in [5, 5.41) is 9.27. The molecule has 0 unspecified atom stereocenters. The molecule has 2 aliphatic rings. The van der Waals surface area contributed by atoms with Gasteiger partial charge in [0.1, 0.15) is 5.75 Å². The number of thioether (sulfide) groups is 1. The number of para-hydroxylation sites is 2. The van der Waals surface area contributed by atoms with Gasteiger partial charge in [-0.1, -0.05) is 23.9 Å². The Morgan fingerprint density at radius 1 is 1.12 bits per heavy atom. The average molecular weight is 457 g/mol. The molecule has 2 fully saturated rings. The summed E-state index contributed by atoms with van der Waals surface area (Å²) < 4.78 is 24.5. The fourth-order valence-electron chi connectivity index (χ4n) is 4.06. The molecule has 5 rings (SSSR count). The number of likely N-dealkylation sites (tertiary alicyclic amines) is 1. The van der Waals surface area contributed by atoms with Gasteiger partial charge in [0.2, 0.25) is 11.7 Å². The number of ether oxygens (including phenoxy) is 3. The Balaban J connectivity index is 1.34. The number of aromatic nitrogens is 3. The number of rotatable bonds is 6. The second kappa shape index (κ2) is 8.97. The number of piperidine rings is 1. The van der Waals surface area contributed by atoms with Crippen molar-refractivity contribution in [2.24, 2.45) is 0 Å². The minimum Gasteiger partial charge on any atom is -0.495 e. The second-order valence-electron chi connectivity index (χ2n) is 7.57. The Bertz CT molecular complexity index is 1070. The molecule has 2 saturated heterocycles. The van der Waals surface area contributed by atoms with Crippen molar-refractivity contribution in [3.05, 3.63) is 42.7 Å². The van der Waals surface area contributed by atoms with Crippen LogP contribution in [0.1, 0.15) is 12.8 Å². The molecule has 4 heterocycles. The maximum absolute atomic E-state index is 12.9. The van der Waals surface area contributed by atoms with Crippen LogP contribution in [-0.4, -0.2) is 70.5 Å². The number of benzene rings is 1. The third-order valence-electron chi connectivity index (χ3n) is 5.72. The number of amides is 1. The standard InChI is InChI=1S/C22H24N4O5S/c1-28-17-6-3-2-5-16(17)26-20(18-7-4-12-29-18)23-24-21(26)32-15-19(27)25-10-8-22(9-11-25)30-13-14-31-22/h2-7,12H,8-11,13-15H2,1H3. The first-order chi connectivity index (χ1) is 15.7. The third-order valence-corrected chi connectivity index (χ3v) is 6.63. The molecule has 0 radical (unpaired) electrons. The molecule has 0 N–H and O–H groups in total. The van der Waals surface area contributed by atoms with Crippen LogP contribution in [0.2, 0.25) is 0 Å². The zero-order chi connectivity index (χ0) is 22.0. The Morgan fingerprint density at radius 2 is 1.91 bits per heavy atom. The van der Waals surface area contributed by atoms with Gasteiger partial charge in [0.15, 0.2) is 16.7 Å². The molecule has 0 aliphatic carbocycles. The van der Waals surface area contributed by atoms with Gasteiger partial charge in [0, 0.05) is 25.9 Å². The van der Waals surface area contributed by atoms with Crippen molar-refractivity contribution in [3.63, 3.8) is 0 Å². The summed E-state index contributed by atoms with van der Waals surface area (Å²) in [4.78, 5) is 14.8. The summed E-state index contributed by atoms with van der Waals surface area (Å²) in [6.45, 7) is 2.49. The first kappa shape index (κ1) is 21.0. The average Bonchev–Trinajstić information content (AvgIpc) is 3.59. The highest BCUT2D eigenvalue weighted by atomic mass is 32.2. The minimum absolute atomic E-state index is 0.0528. The van der Waals surface area contributed by atoms with Gasteiger partial charge < -0.3 is 23.5 Å². The SMILES string of the molecule is COc1ccccc1-n1c(SCC(=O)N2CCC3(CC2)OCCO3)nnc1-c1ccco1. The van der Waals surface area contributed by atoms with Crippen LogP contribution in [0.15, 0.2) is 52.2 Å². The number of furan rings is 1. The van der Waals surface area contributed by atoms with Gasteiger partial charge in [-0.3, -0.25) is 9.36 Å². The molecule has 1 spiro atoms. The van der Waals surface area contributed by atoms with Crippen molar-refractivity contribution in [1.82, 2.24) is 19.7 Å². The largest absolute Gasteiger partial charge is 0.495 e. The number of nitrogens with zero attached hydrogens (tertiary/aromatic N) is 4. The number of hydrogen-bond donors (Lipinski definition) is 0. The van der Waals surface area contributed by atoms with Crippen LogP contribution >= 0.6 is 11.8 Å². The van der Waals surface area contributed by atoms with Gasteiger partial charge in [-0.25, -0.2) is 0 Å². The van der Waals surface area contributed by atoms with Crippen LogP contribution in [0.25, 0.3) is 17.3 Å². The molecule has 168 valence electrons. The highest BCUT2D eigenvalue weighted by Crippen LogP contribution is 2.34. The lowest BCUT2D eigenvalue weighted by molar-refractivity contribution is -0.186. The number of hydrogen-bond acceptors (Lipinski definition) is 8. The molecule has 0 saturated carbocycles. The predicted octanol–water partition coefficient (Wildman–Crippen LogP) is 2.99. The molecule has 0 atom stereocenters. The van der Waals surface area contributed by atoms with E-state index < -0.39 is 5.79 Å². The monoisotopic (exact) mass is 456 g/mol. The molecule has 2 aliphatic heterocycles. The molecular formula is C22H24N4O5S. The van der Waals surface area contributed by atoms with Crippen molar-refractivity contribution < 1.29 is 23.4 Å². The molecule has 10 heteroatoms. The van der Waals surface area contributed by atoms with Crippen LogP contribution in [0.4, 0.5) is 0 Å². The van der Waals surface area contributed by atoms with E-state index in [1.165, 1.54) is 11.8 Å². The number of carbonyl (C=O) groups excluding carboxylic acids is 1. The fourth-order valence-corrected chi connectivity index (χ4v) is 4.91. The van der Waals surface area contributed by atoms with Crippen molar-refractivity contribution >= 4 is 17.7 Å². The predicted molar refractivity (Wildman–Crippen MR) is 117 cm³/mol. The van der Waals surface area contributed by atoms with E-state index in [1.807, 2.05) is 39.8 Å². The molecule has 0 bridgehead atoms. The zero-order valence-electron chi connectivity index (χ0n) is 17.7. The van der Waals surface area contributed by atoms with Crippen LogP contribution in [0.5, 0.6) is 5.75 Å². The van der Waals surface area contributed by atoms with Crippen LogP contribution in [0, 0.1) is 0 Å². The van der Waals surface area contributed by atoms with Gasteiger partial charge in [0.05, 0.1) is 38.0 Å². The fraction of sp³-hybridized carbons (Fsp3) is 0.409. The van der Waals surface area contributed by atoms with Crippen molar-refractivity contribution in [2.45, 2.75) is 23.8 Å². The Kier molecular flexibility index (Phi) is 5.90. The van der Waals surface area contributed by atoms with Crippen molar-refractivity contribution in [3.8, 4) is 23.0 Å². The van der Waals surface area contributed by atoms with Crippen molar-refractivity contribution in [1.29, 1.82) is 0 Å². The molecule has 9 nitrogen and oxygen atoms in total. The van der Waals surface area contributed by atoms with E-state index in [1.54, 1.807) is 19.4 Å². The third kappa shape index (κ3) is 4.01. The van der Waals surface area contributed by atoms with E-state index in [0.29, 0.717) is 61.6 Å². The highest BCUT2D eigenvalue weighted by Gasteiger charge is 2.40. The van der Waals surface area contributed by atoms with E-state index in [2.05, 4.69) is 10.2 Å². The summed E-state index contributed by atoms with van der Waals surface area (Å²) >= 11 is 1.34. The van der Waals surface area contributed by atoms with Gasteiger partial charge in [-0.2, -0.15) is 0 Å². The van der Waals surface area contributed by atoms with E-state index in [4.69, 9.17) is 18.6 Å².